The Hall–Kier alpha value is -0.540. The molecular formula is C12H18Cl2N2O. The predicted molar refractivity (Wildman–Crippen MR) is 71.0 cm³/mol. The molecule has 1 rings (SSSR count). The molecule has 0 radical (unpaired) electrons. The number of ketones is 1. The summed E-state index contributed by atoms with van der Waals surface area (Å²) in [6.07, 6.45) is 2.38. The molecule has 0 unspecified atom stereocenters. The van der Waals surface area contributed by atoms with Gasteiger partial charge in [0.2, 0.25) is 0 Å². The van der Waals surface area contributed by atoms with Crippen LogP contribution in [0.3, 0.4) is 0 Å². The van der Waals surface area contributed by atoms with Crippen LogP contribution >= 0.6 is 23.2 Å². The van der Waals surface area contributed by atoms with Crippen molar-refractivity contribution in [2.24, 2.45) is 0 Å². The summed E-state index contributed by atoms with van der Waals surface area (Å²) in [4.78, 5) is 11.7. The molecule has 96 valence electrons. The van der Waals surface area contributed by atoms with Gasteiger partial charge in [-0.1, -0.05) is 18.5 Å². The largest absolute Gasteiger partial charge is 0.299 e. The van der Waals surface area contributed by atoms with Gasteiger partial charge in [-0.05, 0) is 19.8 Å². The van der Waals surface area contributed by atoms with Crippen LogP contribution < -0.4 is 0 Å². The molecule has 0 aliphatic heterocycles. The van der Waals surface area contributed by atoms with Crippen LogP contribution in [0.4, 0.5) is 0 Å². The number of rotatable bonds is 7. The maximum absolute atomic E-state index is 11.7. The van der Waals surface area contributed by atoms with E-state index in [1.165, 1.54) is 0 Å². The van der Waals surface area contributed by atoms with Crippen molar-refractivity contribution in [2.75, 3.05) is 5.88 Å². The number of carbonyl (C=O) groups excluding carboxylic acids is 1. The zero-order valence-electron chi connectivity index (χ0n) is 10.3. The second-order valence-electron chi connectivity index (χ2n) is 3.88. The molecule has 0 bridgehead atoms. The van der Waals surface area contributed by atoms with Gasteiger partial charge in [0.25, 0.3) is 0 Å². The molecule has 17 heavy (non-hydrogen) atoms. The van der Waals surface area contributed by atoms with Crippen molar-refractivity contribution in [3.8, 4) is 0 Å². The molecule has 0 aliphatic carbocycles. The Morgan fingerprint density at radius 1 is 1.41 bits per heavy atom. The van der Waals surface area contributed by atoms with Gasteiger partial charge in [0.15, 0.2) is 0 Å². The fraction of sp³-hybridized carbons (Fsp3) is 0.667. The van der Waals surface area contributed by atoms with Gasteiger partial charge in [-0.2, -0.15) is 5.10 Å². The minimum atomic E-state index is 0.171. The van der Waals surface area contributed by atoms with Gasteiger partial charge in [-0.3, -0.25) is 9.48 Å². The van der Waals surface area contributed by atoms with Crippen LogP contribution in [0.5, 0.6) is 0 Å². The van der Waals surface area contributed by atoms with E-state index in [0.29, 0.717) is 23.7 Å². The smallest absolute Gasteiger partial charge is 0.138 e. The first-order valence-electron chi connectivity index (χ1n) is 5.95. The van der Waals surface area contributed by atoms with Crippen molar-refractivity contribution in [3.63, 3.8) is 0 Å². The standard InChI is InChI=1S/C12H18Cl2N2O/c1-3-10-12(14)11(16(4-2)15-10)8-9(17)6-5-7-13/h3-8H2,1-2H3. The summed E-state index contributed by atoms with van der Waals surface area (Å²) in [6, 6.07) is 0. The number of alkyl halides is 1. The third-order valence-corrected chi connectivity index (χ3v) is 3.35. The van der Waals surface area contributed by atoms with E-state index >= 15 is 0 Å². The third kappa shape index (κ3) is 3.71. The van der Waals surface area contributed by atoms with Crippen LogP contribution in [0, 0.1) is 0 Å². The molecule has 5 heteroatoms. The van der Waals surface area contributed by atoms with E-state index in [0.717, 1.165) is 30.8 Å². The highest BCUT2D eigenvalue weighted by molar-refractivity contribution is 6.32. The SMILES string of the molecule is CCc1nn(CC)c(CC(=O)CCCCl)c1Cl. The molecule has 1 aromatic rings. The lowest BCUT2D eigenvalue weighted by Gasteiger charge is -2.04. The number of aromatic nitrogens is 2. The molecule has 0 fully saturated rings. The highest BCUT2D eigenvalue weighted by Crippen LogP contribution is 2.22. The second kappa shape index (κ2) is 7.02. The van der Waals surface area contributed by atoms with E-state index in [-0.39, 0.29) is 5.78 Å². The number of carbonyl (C=O) groups is 1. The maximum Gasteiger partial charge on any atom is 0.138 e. The van der Waals surface area contributed by atoms with Crippen molar-refractivity contribution in [3.05, 3.63) is 16.4 Å². The van der Waals surface area contributed by atoms with Gasteiger partial charge in [0.05, 0.1) is 16.4 Å². The highest BCUT2D eigenvalue weighted by atomic mass is 35.5. The van der Waals surface area contributed by atoms with Gasteiger partial charge in [0, 0.05) is 25.3 Å². The second-order valence-corrected chi connectivity index (χ2v) is 4.64. The Morgan fingerprint density at radius 2 is 2.12 bits per heavy atom. The summed E-state index contributed by atoms with van der Waals surface area (Å²) >= 11 is 11.8. The average molecular weight is 277 g/mol. The zero-order valence-corrected chi connectivity index (χ0v) is 11.8. The maximum atomic E-state index is 11.7. The van der Waals surface area contributed by atoms with Crippen molar-refractivity contribution in [2.45, 2.75) is 46.1 Å². The number of halogens is 2. The fourth-order valence-electron chi connectivity index (χ4n) is 1.73. The van der Waals surface area contributed by atoms with Crippen LogP contribution in [0.15, 0.2) is 0 Å². The van der Waals surface area contributed by atoms with Crippen LogP contribution in [-0.2, 0) is 24.2 Å². The molecule has 0 saturated heterocycles. The molecule has 0 atom stereocenters. The number of nitrogens with zero attached hydrogens (tertiary/aromatic N) is 2. The van der Waals surface area contributed by atoms with Crippen LogP contribution in [0.2, 0.25) is 5.02 Å². The Balaban J connectivity index is 2.81. The average Bonchev–Trinajstić information content (AvgIpc) is 2.63. The van der Waals surface area contributed by atoms with Gasteiger partial charge in [0.1, 0.15) is 5.78 Å². The number of aryl methyl sites for hydroxylation is 2. The van der Waals surface area contributed by atoms with Crippen molar-refractivity contribution < 1.29 is 4.79 Å². The van der Waals surface area contributed by atoms with E-state index in [9.17, 15) is 4.79 Å². The Morgan fingerprint density at radius 3 is 2.65 bits per heavy atom. The normalized spacial score (nSPS) is 10.8. The van der Waals surface area contributed by atoms with Crippen molar-refractivity contribution in [1.82, 2.24) is 9.78 Å². The van der Waals surface area contributed by atoms with Gasteiger partial charge >= 0.3 is 0 Å². The molecule has 1 aromatic heterocycles. The zero-order chi connectivity index (χ0) is 12.8. The lowest BCUT2D eigenvalue weighted by Crippen LogP contribution is -2.09. The lowest BCUT2D eigenvalue weighted by molar-refractivity contribution is -0.118. The third-order valence-electron chi connectivity index (χ3n) is 2.65. The van der Waals surface area contributed by atoms with Gasteiger partial charge in [-0.15, -0.1) is 11.6 Å². The summed E-state index contributed by atoms with van der Waals surface area (Å²) in [6.45, 7) is 4.74. The van der Waals surface area contributed by atoms with Gasteiger partial charge in [-0.25, -0.2) is 0 Å². The topological polar surface area (TPSA) is 34.9 Å². The minimum Gasteiger partial charge on any atom is -0.299 e. The lowest BCUT2D eigenvalue weighted by atomic mass is 10.1. The van der Waals surface area contributed by atoms with Crippen LogP contribution in [0.1, 0.15) is 38.1 Å². The van der Waals surface area contributed by atoms with Crippen LogP contribution in [-0.4, -0.2) is 21.4 Å². The molecule has 3 nitrogen and oxygen atoms in total. The molecule has 0 aromatic carbocycles. The summed E-state index contributed by atoms with van der Waals surface area (Å²) < 4.78 is 1.82. The molecule has 0 N–H and O–H groups in total. The van der Waals surface area contributed by atoms with E-state index in [4.69, 9.17) is 23.2 Å². The molecule has 1 heterocycles. The summed E-state index contributed by atoms with van der Waals surface area (Å²) in [5.74, 6) is 0.692. The quantitative estimate of drug-likeness (QED) is 0.717. The van der Waals surface area contributed by atoms with E-state index in [2.05, 4.69) is 5.10 Å². The number of hydrogen-bond acceptors (Lipinski definition) is 2. The van der Waals surface area contributed by atoms with Crippen molar-refractivity contribution >= 4 is 29.0 Å². The minimum absolute atomic E-state index is 0.171. The highest BCUT2D eigenvalue weighted by Gasteiger charge is 2.16. The first-order chi connectivity index (χ1) is 8.13. The fourth-order valence-corrected chi connectivity index (χ4v) is 2.19. The molecule has 0 saturated carbocycles. The van der Waals surface area contributed by atoms with Crippen molar-refractivity contribution in [1.29, 1.82) is 0 Å². The summed E-state index contributed by atoms with van der Waals surface area (Å²) in [5.41, 5.74) is 1.71. The molecule has 0 aliphatic rings. The molecule has 0 amide bonds. The predicted octanol–water partition coefficient (Wildman–Crippen LogP) is 3.25. The first kappa shape index (κ1) is 14.5. The Labute approximate surface area is 112 Å². The van der Waals surface area contributed by atoms with E-state index in [1.807, 2.05) is 18.5 Å². The molecule has 0 spiro atoms. The number of hydrogen-bond donors (Lipinski definition) is 0. The number of Topliss-reactive ketones (excluding diaryl/α,β-unsaturated/α-hetero) is 1. The Bertz CT molecular complexity index is 388. The van der Waals surface area contributed by atoms with E-state index in [1.54, 1.807) is 0 Å². The molecular weight excluding hydrogens is 259 g/mol. The van der Waals surface area contributed by atoms with Gasteiger partial charge < -0.3 is 0 Å². The summed E-state index contributed by atoms with van der Waals surface area (Å²) in [7, 11) is 0. The monoisotopic (exact) mass is 276 g/mol. The summed E-state index contributed by atoms with van der Waals surface area (Å²) in [5, 5.41) is 5.03. The van der Waals surface area contributed by atoms with Crippen LogP contribution in [0.25, 0.3) is 0 Å². The Kier molecular flexibility index (Phi) is 6.00. The van der Waals surface area contributed by atoms with E-state index < -0.39 is 0 Å². The first-order valence-corrected chi connectivity index (χ1v) is 6.86.